The summed E-state index contributed by atoms with van der Waals surface area (Å²) in [7, 11) is 0. The fourth-order valence-electron chi connectivity index (χ4n) is 4.28. The number of ether oxygens (including phenoxy) is 1. The first kappa shape index (κ1) is 19.7. The Bertz CT molecular complexity index is 1450. The SMILES string of the molecule is [2H]C([2H])(O)CO[C@H]1C[C@@H](n2nnc3c(N[C@@H]4C([2H])([2H])[C@@]4([2H])c4ccc(C)c(F)c4)nc(SCCC)nc32)[C@H](O)[C@@H]1O. The van der Waals surface area contributed by atoms with Gasteiger partial charge >= 0.3 is 0 Å². The molecule has 0 unspecified atom stereocenters. The highest BCUT2D eigenvalue weighted by atomic mass is 32.2. The van der Waals surface area contributed by atoms with Crippen LogP contribution in [0.1, 0.15) is 56.1 Å². The van der Waals surface area contributed by atoms with Crippen LogP contribution in [0.5, 0.6) is 0 Å². The number of nitrogens with zero attached hydrogens (tertiary/aromatic N) is 5. The molecule has 1 aromatic carbocycles. The lowest BCUT2D eigenvalue weighted by molar-refractivity contribution is -0.0629. The second-order valence-corrected chi connectivity index (χ2v) is 9.86. The van der Waals surface area contributed by atoms with Gasteiger partial charge in [-0.1, -0.05) is 36.0 Å². The summed E-state index contributed by atoms with van der Waals surface area (Å²) < 4.78 is 61.4. The molecule has 2 aromatic heterocycles. The molecule has 0 saturated heterocycles. The van der Waals surface area contributed by atoms with Crippen LogP contribution in [0.2, 0.25) is 0 Å². The van der Waals surface area contributed by atoms with Gasteiger partial charge in [0, 0.05) is 28.2 Å². The highest BCUT2D eigenvalue weighted by Gasteiger charge is 2.45. The van der Waals surface area contributed by atoms with Crippen LogP contribution < -0.4 is 5.32 Å². The minimum absolute atomic E-state index is 0.0149. The monoisotopic (exact) mass is 523 g/mol. The fraction of sp³-hybridized carbons (Fsp3) is 0.583. The zero-order valence-electron chi connectivity index (χ0n) is 24.7. The molecule has 10 nitrogen and oxygen atoms in total. The standard InChI is InChI=1S/C24H31FN6O4S/c1-3-8-36-24-27-22(26-16-10-14(16)13-5-4-12(2)15(25)9-13)19-23(28-24)31(30-29-19)17-11-18(35-7-6-32)21(34)20(17)33/h4-5,9,14,16-18,20-21,32-34H,3,6-8,10-11H2,1-2H3,(H,26,27,28)/t14-,16+,17+,18-,20-,21+/m0/s1/i6D2,10D2,14D. The lowest BCUT2D eigenvalue weighted by Gasteiger charge is -2.17. The summed E-state index contributed by atoms with van der Waals surface area (Å²) in [6.45, 7) is 0.245. The third-order valence-corrected chi connectivity index (χ3v) is 7.34. The predicted molar refractivity (Wildman–Crippen MR) is 133 cm³/mol. The first-order valence-electron chi connectivity index (χ1n) is 14.2. The average Bonchev–Trinajstić information content (AvgIpc) is 3.22. The molecular weight excluding hydrogens is 487 g/mol. The number of aromatic nitrogens is 5. The number of hydrogen-bond donors (Lipinski definition) is 4. The molecule has 36 heavy (non-hydrogen) atoms. The summed E-state index contributed by atoms with van der Waals surface area (Å²) in [5.41, 5.74) is 0.896. The normalized spacial score (nSPS) is 33.5. The van der Waals surface area contributed by atoms with Crippen molar-refractivity contribution in [3.05, 3.63) is 35.1 Å². The number of aryl methyl sites for hydroxylation is 1. The minimum Gasteiger partial charge on any atom is -0.394 e. The Morgan fingerprint density at radius 3 is 2.94 bits per heavy atom. The van der Waals surface area contributed by atoms with E-state index in [9.17, 15) is 19.7 Å². The van der Waals surface area contributed by atoms with E-state index in [0.29, 0.717) is 16.5 Å². The van der Waals surface area contributed by atoms with Gasteiger partial charge in [-0.05, 0) is 36.9 Å². The number of hydrogen-bond acceptors (Lipinski definition) is 10. The van der Waals surface area contributed by atoms with Crippen molar-refractivity contribution in [2.75, 3.05) is 24.2 Å². The Kier molecular flexibility index (Phi) is 5.77. The maximum atomic E-state index is 14.3. The second-order valence-electron chi connectivity index (χ2n) is 8.80. The number of fused-ring (bicyclic) bond motifs is 1. The third kappa shape index (κ3) is 4.92. The van der Waals surface area contributed by atoms with Crippen LogP contribution in [0.25, 0.3) is 11.2 Å². The Labute approximate surface area is 219 Å². The van der Waals surface area contributed by atoms with Gasteiger partial charge in [0.25, 0.3) is 0 Å². The summed E-state index contributed by atoms with van der Waals surface area (Å²) in [5, 5.41) is 42.3. The van der Waals surface area contributed by atoms with Crippen molar-refractivity contribution in [2.24, 2.45) is 0 Å². The predicted octanol–water partition coefficient (Wildman–Crippen LogP) is 2.18. The second kappa shape index (κ2) is 10.5. The quantitative estimate of drug-likeness (QED) is 0.231. The zero-order valence-corrected chi connectivity index (χ0v) is 20.5. The van der Waals surface area contributed by atoms with Crippen molar-refractivity contribution >= 4 is 28.7 Å². The van der Waals surface area contributed by atoms with E-state index >= 15 is 0 Å². The Hall–Kier alpha value is -2.38. The molecule has 2 heterocycles. The number of thioether (sulfide) groups is 1. The average molecular weight is 524 g/mol. The van der Waals surface area contributed by atoms with Gasteiger partial charge in [-0.2, -0.15) is 0 Å². The highest BCUT2D eigenvalue weighted by molar-refractivity contribution is 7.99. The summed E-state index contributed by atoms with van der Waals surface area (Å²) >= 11 is 1.34. The van der Waals surface area contributed by atoms with Crippen LogP contribution in [0.15, 0.2) is 23.4 Å². The van der Waals surface area contributed by atoms with Crippen LogP contribution in [0.4, 0.5) is 10.2 Å². The third-order valence-electron chi connectivity index (χ3n) is 6.28. The van der Waals surface area contributed by atoms with E-state index in [0.717, 1.165) is 6.42 Å². The molecule has 2 aliphatic carbocycles. The van der Waals surface area contributed by atoms with E-state index in [4.69, 9.17) is 11.6 Å². The van der Waals surface area contributed by atoms with Gasteiger partial charge in [0.05, 0.1) is 28.1 Å². The van der Waals surface area contributed by atoms with E-state index in [1.165, 1.54) is 34.6 Å². The molecule has 194 valence electrons. The summed E-state index contributed by atoms with van der Waals surface area (Å²) in [6.07, 6.45) is -5.01. The van der Waals surface area contributed by atoms with Gasteiger partial charge in [-0.15, -0.1) is 5.10 Å². The molecule has 0 aliphatic heterocycles. The lowest BCUT2D eigenvalue weighted by Crippen LogP contribution is -2.33. The highest BCUT2D eigenvalue weighted by Crippen LogP contribution is 2.44. The van der Waals surface area contributed by atoms with Gasteiger partial charge in [-0.3, -0.25) is 0 Å². The summed E-state index contributed by atoms with van der Waals surface area (Å²) in [5.74, 6) is -1.55. The summed E-state index contributed by atoms with van der Waals surface area (Å²) in [4.78, 5) is 9.07. The van der Waals surface area contributed by atoms with Crippen molar-refractivity contribution in [3.8, 4) is 0 Å². The van der Waals surface area contributed by atoms with E-state index < -0.39 is 61.6 Å². The van der Waals surface area contributed by atoms with Crippen molar-refractivity contribution in [1.29, 1.82) is 0 Å². The minimum atomic E-state index is -2.62. The molecule has 5 rings (SSSR count). The number of aliphatic hydroxyl groups is 3. The fourth-order valence-corrected chi connectivity index (χ4v) is 4.97. The van der Waals surface area contributed by atoms with Crippen LogP contribution in [-0.4, -0.2) is 83.6 Å². The smallest absolute Gasteiger partial charge is 0.191 e. The first-order valence-corrected chi connectivity index (χ1v) is 12.7. The van der Waals surface area contributed by atoms with Gasteiger partial charge < -0.3 is 25.4 Å². The van der Waals surface area contributed by atoms with Gasteiger partial charge in [0.2, 0.25) is 0 Å². The van der Waals surface area contributed by atoms with Crippen molar-refractivity contribution in [1.82, 2.24) is 25.0 Å². The number of aliphatic hydroxyl groups excluding tert-OH is 2. The maximum absolute atomic E-state index is 14.3. The van der Waals surface area contributed by atoms with Crippen molar-refractivity contribution in [2.45, 2.75) is 74.5 Å². The number of anilines is 1. The molecule has 6 atom stereocenters. The van der Waals surface area contributed by atoms with E-state index in [1.54, 1.807) is 6.92 Å². The number of nitrogens with one attached hydrogen (secondary N) is 1. The van der Waals surface area contributed by atoms with Crippen LogP contribution >= 0.6 is 11.8 Å². The molecule has 2 saturated carbocycles. The molecule has 3 aromatic rings. The molecular formula is C24H31FN6O4S. The molecule has 12 heteroatoms. The molecule has 2 aliphatic rings. The van der Waals surface area contributed by atoms with Gasteiger partial charge in [0.1, 0.15) is 18.0 Å². The molecule has 0 radical (unpaired) electrons. The first-order chi connectivity index (χ1) is 19.2. The largest absolute Gasteiger partial charge is 0.394 e. The molecule has 0 spiro atoms. The number of benzene rings is 1. The number of rotatable bonds is 10. The zero-order chi connectivity index (χ0) is 29.9. The van der Waals surface area contributed by atoms with Crippen LogP contribution in [0.3, 0.4) is 0 Å². The Balaban J connectivity index is 1.48. The molecule has 2 fully saturated rings. The molecule has 0 amide bonds. The van der Waals surface area contributed by atoms with Gasteiger partial charge in [0.15, 0.2) is 22.1 Å². The van der Waals surface area contributed by atoms with Gasteiger partial charge in [-0.25, -0.2) is 19.0 Å². The summed E-state index contributed by atoms with van der Waals surface area (Å²) in [6, 6.07) is 2.24. The Morgan fingerprint density at radius 1 is 1.36 bits per heavy atom. The van der Waals surface area contributed by atoms with E-state index in [2.05, 4.69) is 25.6 Å². The molecule has 4 N–H and O–H groups in total. The lowest BCUT2D eigenvalue weighted by atomic mass is 10.1. The topological polar surface area (TPSA) is 138 Å². The van der Waals surface area contributed by atoms with Crippen molar-refractivity contribution < 1.29 is 31.3 Å². The maximum Gasteiger partial charge on any atom is 0.191 e. The van der Waals surface area contributed by atoms with E-state index in [1.807, 2.05) is 6.92 Å². The van der Waals surface area contributed by atoms with E-state index in [-0.39, 0.29) is 29.0 Å². The van der Waals surface area contributed by atoms with Crippen LogP contribution in [0, 0.1) is 12.7 Å². The van der Waals surface area contributed by atoms with Crippen LogP contribution in [-0.2, 0) is 4.74 Å². The molecule has 0 bridgehead atoms. The van der Waals surface area contributed by atoms with Crippen molar-refractivity contribution in [3.63, 3.8) is 0 Å². The number of halogens is 1. The Morgan fingerprint density at radius 2 is 2.19 bits per heavy atom.